The minimum absolute atomic E-state index is 0.667. The van der Waals surface area contributed by atoms with Gasteiger partial charge in [-0.2, -0.15) is 0 Å². The Bertz CT molecular complexity index is 743. The summed E-state index contributed by atoms with van der Waals surface area (Å²) in [7, 11) is 0. The summed E-state index contributed by atoms with van der Waals surface area (Å²) in [6.07, 6.45) is 1.36. The van der Waals surface area contributed by atoms with Crippen molar-refractivity contribution in [2.24, 2.45) is 0 Å². The number of hydrogen-bond acceptors (Lipinski definition) is 2. The molecule has 3 rings (SSSR count). The molecule has 2 nitrogen and oxygen atoms in total. The van der Waals surface area contributed by atoms with Crippen molar-refractivity contribution in [3.05, 3.63) is 46.5 Å². The lowest BCUT2D eigenvalue weighted by atomic mass is 10.1. The molecule has 1 heterocycles. The second-order valence-corrected chi connectivity index (χ2v) is 4.53. The molecule has 17 heavy (non-hydrogen) atoms. The van der Waals surface area contributed by atoms with Crippen LogP contribution < -0.4 is 0 Å². The SMILES string of the molecule is Cc1cc2oc3cc(Cl)ccc3c2cc1C=N. The number of halogens is 1. The van der Waals surface area contributed by atoms with E-state index in [2.05, 4.69) is 0 Å². The standard InChI is InChI=1S/C14H10ClNO/c1-8-4-13-12(5-9(8)7-16)11-3-2-10(15)6-14(11)17-13/h2-7,16H,1H3. The molecule has 0 saturated heterocycles. The summed E-state index contributed by atoms with van der Waals surface area (Å²) in [6, 6.07) is 9.56. The topological polar surface area (TPSA) is 37.0 Å². The maximum Gasteiger partial charge on any atom is 0.136 e. The number of aryl methyl sites for hydroxylation is 1. The molecule has 3 heteroatoms. The lowest BCUT2D eigenvalue weighted by Crippen LogP contribution is -1.84. The summed E-state index contributed by atoms with van der Waals surface area (Å²) in [4.78, 5) is 0. The molecular weight excluding hydrogens is 234 g/mol. The van der Waals surface area contributed by atoms with Crippen LogP contribution >= 0.6 is 11.6 Å². The van der Waals surface area contributed by atoms with E-state index in [-0.39, 0.29) is 0 Å². The van der Waals surface area contributed by atoms with Crippen molar-refractivity contribution in [2.75, 3.05) is 0 Å². The van der Waals surface area contributed by atoms with E-state index in [1.807, 2.05) is 37.3 Å². The normalized spacial score (nSPS) is 11.2. The van der Waals surface area contributed by atoms with Crippen molar-refractivity contribution in [1.82, 2.24) is 0 Å². The molecule has 0 atom stereocenters. The van der Waals surface area contributed by atoms with Gasteiger partial charge in [-0.25, -0.2) is 0 Å². The van der Waals surface area contributed by atoms with Crippen LogP contribution in [0.4, 0.5) is 0 Å². The summed E-state index contributed by atoms with van der Waals surface area (Å²) in [5.41, 5.74) is 3.58. The number of furan rings is 1. The van der Waals surface area contributed by atoms with Gasteiger partial charge < -0.3 is 9.83 Å². The zero-order valence-electron chi connectivity index (χ0n) is 9.25. The van der Waals surface area contributed by atoms with Crippen molar-refractivity contribution in [3.8, 4) is 0 Å². The van der Waals surface area contributed by atoms with E-state index in [0.717, 1.165) is 33.1 Å². The Labute approximate surface area is 103 Å². The Morgan fingerprint density at radius 2 is 1.88 bits per heavy atom. The first-order valence-electron chi connectivity index (χ1n) is 5.32. The van der Waals surface area contributed by atoms with Crippen molar-refractivity contribution >= 4 is 39.8 Å². The molecule has 0 aliphatic carbocycles. The van der Waals surface area contributed by atoms with Gasteiger partial charge in [-0.15, -0.1) is 0 Å². The Morgan fingerprint density at radius 1 is 1.12 bits per heavy atom. The van der Waals surface area contributed by atoms with E-state index in [1.165, 1.54) is 6.21 Å². The third-order valence-corrected chi connectivity index (χ3v) is 3.21. The van der Waals surface area contributed by atoms with Crippen LogP contribution in [0.1, 0.15) is 11.1 Å². The van der Waals surface area contributed by atoms with Crippen LogP contribution in [0.5, 0.6) is 0 Å². The molecule has 2 aromatic carbocycles. The molecule has 3 aromatic rings. The zero-order chi connectivity index (χ0) is 12.0. The summed E-state index contributed by atoms with van der Waals surface area (Å²) >= 11 is 5.94. The number of hydrogen-bond donors (Lipinski definition) is 1. The van der Waals surface area contributed by atoms with Crippen molar-refractivity contribution in [3.63, 3.8) is 0 Å². The zero-order valence-corrected chi connectivity index (χ0v) is 10.0. The van der Waals surface area contributed by atoms with Crippen LogP contribution in [0, 0.1) is 12.3 Å². The monoisotopic (exact) mass is 243 g/mol. The maximum absolute atomic E-state index is 7.38. The average Bonchev–Trinajstić information content (AvgIpc) is 2.63. The van der Waals surface area contributed by atoms with Gasteiger partial charge in [-0.05, 0) is 42.3 Å². The minimum atomic E-state index is 0.667. The summed E-state index contributed by atoms with van der Waals surface area (Å²) in [5.74, 6) is 0. The van der Waals surface area contributed by atoms with Crippen LogP contribution in [0.15, 0.2) is 34.7 Å². The van der Waals surface area contributed by atoms with Crippen LogP contribution in [0.25, 0.3) is 21.9 Å². The van der Waals surface area contributed by atoms with Gasteiger partial charge >= 0.3 is 0 Å². The largest absolute Gasteiger partial charge is 0.456 e. The molecule has 0 amide bonds. The van der Waals surface area contributed by atoms with Crippen LogP contribution in [0.2, 0.25) is 5.02 Å². The van der Waals surface area contributed by atoms with Crippen LogP contribution in [0.3, 0.4) is 0 Å². The van der Waals surface area contributed by atoms with E-state index >= 15 is 0 Å². The highest BCUT2D eigenvalue weighted by atomic mass is 35.5. The van der Waals surface area contributed by atoms with Gasteiger partial charge in [0.25, 0.3) is 0 Å². The molecule has 1 N–H and O–H groups in total. The molecule has 1 aromatic heterocycles. The molecule has 0 fully saturated rings. The molecule has 0 aliphatic rings. The molecule has 0 bridgehead atoms. The molecular formula is C14H10ClNO. The Morgan fingerprint density at radius 3 is 2.65 bits per heavy atom. The first kappa shape index (κ1) is 10.4. The van der Waals surface area contributed by atoms with E-state index in [9.17, 15) is 0 Å². The fourth-order valence-corrected chi connectivity index (χ4v) is 2.23. The van der Waals surface area contributed by atoms with Gasteiger partial charge in [0, 0.05) is 28.1 Å². The first-order chi connectivity index (χ1) is 8.19. The second kappa shape index (κ2) is 3.60. The molecule has 0 spiro atoms. The number of rotatable bonds is 1. The Balaban J connectivity index is 2.48. The molecule has 0 radical (unpaired) electrons. The van der Waals surface area contributed by atoms with Gasteiger partial charge in [0.05, 0.1) is 0 Å². The summed E-state index contributed by atoms with van der Waals surface area (Å²) in [5, 5.41) is 10.1. The number of fused-ring (bicyclic) bond motifs is 3. The average molecular weight is 244 g/mol. The third-order valence-electron chi connectivity index (χ3n) is 2.98. The quantitative estimate of drug-likeness (QED) is 0.626. The maximum atomic E-state index is 7.38. The predicted octanol–water partition coefficient (Wildman–Crippen LogP) is 4.55. The van der Waals surface area contributed by atoms with E-state index in [4.69, 9.17) is 21.4 Å². The lowest BCUT2D eigenvalue weighted by molar-refractivity contribution is 0.668. The summed E-state index contributed by atoms with van der Waals surface area (Å²) in [6.45, 7) is 1.97. The Kier molecular flexibility index (Phi) is 2.20. The van der Waals surface area contributed by atoms with E-state index in [1.54, 1.807) is 0 Å². The Hall–Kier alpha value is -1.80. The second-order valence-electron chi connectivity index (χ2n) is 4.09. The van der Waals surface area contributed by atoms with Gasteiger partial charge in [0.15, 0.2) is 0 Å². The highest BCUT2D eigenvalue weighted by Gasteiger charge is 2.09. The van der Waals surface area contributed by atoms with Gasteiger partial charge in [-0.3, -0.25) is 0 Å². The molecule has 0 aliphatic heterocycles. The van der Waals surface area contributed by atoms with Gasteiger partial charge in [0.1, 0.15) is 11.2 Å². The predicted molar refractivity (Wildman–Crippen MR) is 71.4 cm³/mol. The number of nitrogens with one attached hydrogen (secondary N) is 1. The van der Waals surface area contributed by atoms with Crippen molar-refractivity contribution < 1.29 is 4.42 Å². The van der Waals surface area contributed by atoms with E-state index in [0.29, 0.717) is 5.02 Å². The molecule has 84 valence electrons. The molecule has 0 saturated carbocycles. The third kappa shape index (κ3) is 1.53. The molecule has 0 unspecified atom stereocenters. The lowest BCUT2D eigenvalue weighted by Gasteiger charge is -1.98. The number of benzene rings is 2. The van der Waals surface area contributed by atoms with Crippen molar-refractivity contribution in [2.45, 2.75) is 6.92 Å². The highest BCUT2D eigenvalue weighted by molar-refractivity contribution is 6.31. The first-order valence-corrected chi connectivity index (χ1v) is 5.70. The van der Waals surface area contributed by atoms with E-state index < -0.39 is 0 Å². The van der Waals surface area contributed by atoms with Gasteiger partial charge in [-0.1, -0.05) is 11.6 Å². The van der Waals surface area contributed by atoms with Crippen LogP contribution in [-0.4, -0.2) is 6.21 Å². The smallest absolute Gasteiger partial charge is 0.136 e. The highest BCUT2D eigenvalue weighted by Crippen LogP contribution is 2.31. The summed E-state index contributed by atoms with van der Waals surface area (Å²) < 4.78 is 5.75. The fourth-order valence-electron chi connectivity index (χ4n) is 2.07. The minimum Gasteiger partial charge on any atom is -0.456 e. The van der Waals surface area contributed by atoms with Gasteiger partial charge in [0.2, 0.25) is 0 Å². The fraction of sp³-hybridized carbons (Fsp3) is 0.0714. The van der Waals surface area contributed by atoms with Crippen molar-refractivity contribution in [1.29, 1.82) is 5.41 Å². The van der Waals surface area contributed by atoms with Crippen LogP contribution in [-0.2, 0) is 0 Å².